The molecular formula is C23H36N4O4S. The van der Waals surface area contributed by atoms with Crippen molar-refractivity contribution in [3.8, 4) is 0 Å². The Balaban J connectivity index is 1.97. The van der Waals surface area contributed by atoms with Gasteiger partial charge < -0.3 is 10.2 Å². The van der Waals surface area contributed by atoms with Crippen LogP contribution >= 0.6 is 0 Å². The zero-order valence-corrected chi connectivity index (χ0v) is 20.5. The normalized spacial score (nSPS) is 18.7. The maximum absolute atomic E-state index is 13.4. The van der Waals surface area contributed by atoms with E-state index in [1.54, 1.807) is 32.0 Å². The minimum Gasteiger partial charge on any atom is -0.358 e. The minimum absolute atomic E-state index is 0.108. The summed E-state index contributed by atoms with van der Waals surface area (Å²) in [5.41, 5.74) is 1.32. The van der Waals surface area contributed by atoms with Crippen molar-refractivity contribution >= 4 is 33.2 Å². The first-order valence-corrected chi connectivity index (χ1v) is 13.1. The van der Waals surface area contributed by atoms with E-state index in [4.69, 9.17) is 0 Å². The molecule has 1 saturated heterocycles. The van der Waals surface area contributed by atoms with Crippen molar-refractivity contribution in [2.24, 2.45) is 5.92 Å². The summed E-state index contributed by atoms with van der Waals surface area (Å²) in [6.45, 7) is 9.71. The predicted molar refractivity (Wildman–Crippen MR) is 126 cm³/mol. The third kappa shape index (κ3) is 4.93. The van der Waals surface area contributed by atoms with Gasteiger partial charge in [0.2, 0.25) is 21.8 Å². The average molecular weight is 465 g/mol. The third-order valence-corrected chi connectivity index (χ3v) is 8.34. The molecule has 0 unspecified atom stereocenters. The van der Waals surface area contributed by atoms with Gasteiger partial charge in [-0.05, 0) is 49.8 Å². The Hall–Kier alpha value is -2.13. The van der Waals surface area contributed by atoms with E-state index in [1.165, 1.54) is 9.21 Å². The molecule has 8 nitrogen and oxygen atoms in total. The van der Waals surface area contributed by atoms with Gasteiger partial charge in [0, 0.05) is 26.2 Å². The first kappa shape index (κ1) is 24.5. The number of amides is 2. The molecule has 0 aliphatic carbocycles. The van der Waals surface area contributed by atoms with Crippen LogP contribution in [0.4, 0.5) is 11.4 Å². The number of piperidine rings is 1. The molecule has 1 fully saturated rings. The average Bonchev–Trinajstić information content (AvgIpc) is 2.76. The summed E-state index contributed by atoms with van der Waals surface area (Å²) in [6.07, 6.45) is 3.55. The number of hydrogen-bond acceptors (Lipinski definition) is 5. The third-order valence-electron chi connectivity index (χ3n) is 6.29. The molecule has 1 aromatic rings. The quantitative estimate of drug-likeness (QED) is 0.607. The molecule has 0 saturated carbocycles. The van der Waals surface area contributed by atoms with E-state index >= 15 is 0 Å². The maximum Gasteiger partial charge on any atom is 0.250 e. The van der Waals surface area contributed by atoms with E-state index in [0.717, 1.165) is 37.9 Å². The smallest absolute Gasteiger partial charge is 0.250 e. The van der Waals surface area contributed by atoms with Gasteiger partial charge in [-0.1, -0.05) is 27.7 Å². The molecule has 32 heavy (non-hydrogen) atoms. The van der Waals surface area contributed by atoms with Crippen LogP contribution in [-0.4, -0.2) is 63.3 Å². The fourth-order valence-corrected chi connectivity index (χ4v) is 5.95. The van der Waals surface area contributed by atoms with Gasteiger partial charge in [0.05, 0.1) is 16.3 Å². The van der Waals surface area contributed by atoms with Crippen molar-refractivity contribution in [1.29, 1.82) is 0 Å². The Morgan fingerprint density at radius 3 is 2.56 bits per heavy atom. The summed E-state index contributed by atoms with van der Waals surface area (Å²) in [7, 11) is -3.68. The second kappa shape index (κ2) is 10.2. The van der Waals surface area contributed by atoms with Gasteiger partial charge in [-0.15, -0.1) is 0 Å². The summed E-state index contributed by atoms with van der Waals surface area (Å²) in [4.78, 5) is 29.7. The van der Waals surface area contributed by atoms with E-state index < -0.39 is 10.0 Å². The summed E-state index contributed by atoms with van der Waals surface area (Å²) in [6, 6.07) is 4.67. The molecule has 9 heteroatoms. The van der Waals surface area contributed by atoms with Gasteiger partial charge in [-0.2, -0.15) is 4.31 Å². The lowest BCUT2D eigenvalue weighted by Crippen LogP contribution is -2.57. The highest BCUT2D eigenvalue weighted by Crippen LogP contribution is 2.40. The number of nitrogens with zero attached hydrogens (tertiary/aromatic N) is 3. The van der Waals surface area contributed by atoms with Crippen molar-refractivity contribution < 1.29 is 18.0 Å². The van der Waals surface area contributed by atoms with Gasteiger partial charge >= 0.3 is 0 Å². The van der Waals surface area contributed by atoms with Gasteiger partial charge in [0.25, 0.3) is 0 Å². The monoisotopic (exact) mass is 464 g/mol. The highest BCUT2D eigenvalue weighted by Gasteiger charge is 2.40. The van der Waals surface area contributed by atoms with E-state index in [9.17, 15) is 18.0 Å². The van der Waals surface area contributed by atoms with E-state index in [-0.39, 0.29) is 29.3 Å². The van der Waals surface area contributed by atoms with Crippen LogP contribution in [0.2, 0.25) is 0 Å². The molecule has 1 atom stereocenters. The largest absolute Gasteiger partial charge is 0.358 e. The highest BCUT2D eigenvalue weighted by atomic mass is 32.2. The van der Waals surface area contributed by atoms with Crippen LogP contribution in [0.1, 0.15) is 53.4 Å². The SMILES string of the molecule is CCN(CC)S(=O)(=O)c1ccc2c(c1)N(CC(=O)NCCC(C)C)C(=O)[C@@H]1CCCCN21. The molecule has 1 N–H and O–H groups in total. The number of nitrogens with one attached hydrogen (secondary N) is 1. The van der Waals surface area contributed by atoms with Crippen LogP contribution in [-0.2, 0) is 19.6 Å². The Morgan fingerprint density at radius 2 is 1.91 bits per heavy atom. The number of hydrogen-bond donors (Lipinski definition) is 1. The van der Waals surface area contributed by atoms with E-state index in [2.05, 4.69) is 24.1 Å². The number of rotatable bonds is 9. The summed E-state index contributed by atoms with van der Waals surface area (Å²) < 4.78 is 27.6. The fourth-order valence-electron chi connectivity index (χ4n) is 4.47. The number of anilines is 2. The predicted octanol–water partition coefficient (Wildman–Crippen LogP) is 2.58. The van der Waals surface area contributed by atoms with Crippen molar-refractivity contribution in [3.05, 3.63) is 18.2 Å². The lowest BCUT2D eigenvalue weighted by atomic mass is 9.96. The molecule has 2 heterocycles. The summed E-state index contributed by atoms with van der Waals surface area (Å²) in [5.74, 6) is 0.107. The van der Waals surface area contributed by atoms with Crippen LogP contribution in [0, 0.1) is 5.92 Å². The summed E-state index contributed by atoms with van der Waals surface area (Å²) >= 11 is 0. The van der Waals surface area contributed by atoms with Gasteiger partial charge in [-0.3, -0.25) is 14.5 Å². The van der Waals surface area contributed by atoms with Crippen LogP contribution in [0.15, 0.2) is 23.1 Å². The number of benzene rings is 1. The van der Waals surface area contributed by atoms with Crippen molar-refractivity contribution in [2.75, 3.05) is 42.5 Å². The molecule has 2 amide bonds. The van der Waals surface area contributed by atoms with Crippen molar-refractivity contribution in [1.82, 2.24) is 9.62 Å². The van der Waals surface area contributed by atoms with Crippen LogP contribution < -0.4 is 15.1 Å². The molecule has 2 aliphatic rings. The Kier molecular flexibility index (Phi) is 7.82. The van der Waals surface area contributed by atoms with Crippen LogP contribution in [0.3, 0.4) is 0 Å². The molecule has 178 valence electrons. The first-order chi connectivity index (χ1) is 15.2. The molecule has 1 aromatic carbocycles. The Bertz CT molecular complexity index is 943. The number of carbonyl (C=O) groups excluding carboxylic acids is 2. The fraction of sp³-hybridized carbons (Fsp3) is 0.652. The Morgan fingerprint density at radius 1 is 1.19 bits per heavy atom. The van der Waals surface area contributed by atoms with Crippen molar-refractivity contribution in [3.63, 3.8) is 0 Å². The van der Waals surface area contributed by atoms with Gasteiger partial charge in [0.1, 0.15) is 12.6 Å². The molecule has 0 radical (unpaired) electrons. The van der Waals surface area contributed by atoms with Gasteiger partial charge in [0.15, 0.2) is 0 Å². The number of sulfonamides is 1. The second-order valence-corrected chi connectivity index (χ2v) is 10.8. The van der Waals surface area contributed by atoms with Crippen LogP contribution in [0.25, 0.3) is 0 Å². The standard InChI is InChI=1S/C23H36N4O4S/c1-5-25(6-2)32(30,31)18-10-11-19-21(15-18)27(16-22(28)24-13-12-17(3)4)23(29)20-9-7-8-14-26(19)20/h10-11,15,17,20H,5-9,12-14,16H2,1-4H3,(H,24,28)/t20-/m0/s1. The van der Waals surface area contributed by atoms with E-state index in [1.807, 2.05) is 0 Å². The zero-order chi connectivity index (χ0) is 23.5. The molecule has 0 spiro atoms. The Labute approximate surface area is 192 Å². The van der Waals surface area contributed by atoms with Gasteiger partial charge in [-0.25, -0.2) is 8.42 Å². The second-order valence-electron chi connectivity index (χ2n) is 8.90. The summed E-state index contributed by atoms with van der Waals surface area (Å²) in [5, 5.41) is 2.89. The lowest BCUT2D eigenvalue weighted by molar-refractivity contribution is -0.125. The molecular weight excluding hydrogens is 428 g/mol. The van der Waals surface area contributed by atoms with Crippen LogP contribution in [0.5, 0.6) is 0 Å². The van der Waals surface area contributed by atoms with Crippen molar-refractivity contribution in [2.45, 2.75) is 64.3 Å². The first-order valence-electron chi connectivity index (χ1n) is 11.7. The van der Waals surface area contributed by atoms with E-state index in [0.29, 0.717) is 31.2 Å². The zero-order valence-electron chi connectivity index (χ0n) is 19.6. The number of fused-ring (bicyclic) bond motifs is 3. The minimum atomic E-state index is -3.68. The topological polar surface area (TPSA) is 90.0 Å². The maximum atomic E-state index is 13.4. The molecule has 0 bridgehead atoms. The molecule has 3 rings (SSSR count). The molecule has 0 aromatic heterocycles. The number of carbonyl (C=O) groups is 2. The molecule has 2 aliphatic heterocycles. The highest BCUT2D eigenvalue weighted by molar-refractivity contribution is 7.89. The lowest BCUT2D eigenvalue weighted by Gasteiger charge is -2.45.